The summed E-state index contributed by atoms with van der Waals surface area (Å²) in [4.78, 5) is 0. The molecule has 0 fully saturated rings. The van der Waals surface area contributed by atoms with Crippen LogP contribution in [-0.2, 0) is 0 Å². The Bertz CT molecular complexity index is 157. The highest BCUT2D eigenvalue weighted by molar-refractivity contribution is 5.88. The van der Waals surface area contributed by atoms with Crippen LogP contribution in [0.15, 0.2) is 5.16 Å². The molecule has 0 spiro atoms. The average Bonchev–Trinajstić information content (AvgIpc) is 2.04. The first-order valence-corrected chi connectivity index (χ1v) is 5.13. The van der Waals surface area contributed by atoms with E-state index in [1.54, 1.807) is 0 Å². The summed E-state index contributed by atoms with van der Waals surface area (Å²) in [5.41, 5.74) is 0.935. The van der Waals surface area contributed by atoms with Gasteiger partial charge in [-0.3, -0.25) is 0 Å². The summed E-state index contributed by atoms with van der Waals surface area (Å²) in [6, 6.07) is 0. The molecule has 13 heavy (non-hydrogen) atoms. The third-order valence-corrected chi connectivity index (χ3v) is 3.05. The Hall–Kier alpha value is -0.530. The van der Waals surface area contributed by atoms with Crippen molar-refractivity contribution in [3.63, 3.8) is 0 Å². The largest absolute Gasteiger partial charge is 0.411 e. The summed E-state index contributed by atoms with van der Waals surface area (Å²) in [6.07, 6.45) is 0. The summed E-state index contributed by atoms with van der Waals surface area (Å²) in [6.45, 7) is 12.9. The maximum Gasteiger partial charge on any atom is 0.0632 e. The van der Waals surface area contributed by atoms with Crippen molar-refractivity contribution in [1.82, 2.24) is 0 Å². The molecule has 0 aromatic rings. The topological polar surface area (TPSA) is 32.6 Å². The van der Waals surface area contributed by atoms with Gasteiger partial charge < -0.3 is 5.21 Å². The molecule has 2 nitrogen and oxygen atoms in total. The predicted molar refractivity (Wildman–Crippen MR) is 57.2 cm³/mol. The Morgan fingerprint density at radius 1 is 0.846 bits per heavy atom. The van der Waals surface area contributed by atoms with Gasteiger partial charge in [-0.2, -0.15) is 0 Å². The highest BCUT2D eigenvalue weighted by Gasteiger charge is 2.23. The van der Waals surface area contributed by atoms with E-state index < -0.39 is 0 Å². The zero-order valence-electron chi connectivity index (χ0n) is 9.70. The van der Waals surface area contributed by atoms with Crippen molar-refractivity contribution in [2.45, 2.75) is 41.5 Å². The Kier molecular flexibility index (Phi) is 5.04. The number of nitrogens with zero attached hydrogens (tertiary/aromatic N) is 1. The fourth-order valence-electron chi connectivity index (χ4n) is 1.28. The first-order chi connectivity index (χ1) is 5.91. The third kappa shape index (κ3) is 3.37. The molecule has 0 aromatic heterocycles. The second-order valence-electron chi connectivity index (χ2n) is 4.59. The lowest BCUT2D eigenvalue weighted by molar-refractivity contribution is 0.302. The van der Waals surface area contributed by atoms with Gasteiger partial charge in [0, 0.05) is 11.8 Å². The van der Waals surface area contributed by atoms with Crippen LogP contribution >= 0.6 is 0 Å². The van der Waals surface area contributed by atoms with Crippen molar-refractivity contribution in [2.24, 2.45) is 28.8 Å². The van der Waals surface area contributed by atoms with Gasteiger partial charge in [0.25, 0.3) is 0 Å². The highest BCUT2D eigenvalue weighted by Crippen LogP contribution is 2.22. The molecule has 0 saturated heterocycles. The number of oxime groups is 1. The van der Waals surface area contributed by atoms with E-state index in [4.69, 9.17) is 5.21 Å². The van der Waals surface area contributed by atoms with Gasteiger partial charge in [-0.25, -0.2) is 0 Å². The number of rotatable bonds is 4. The Balaban J connectivity index is 4.53. The van der Waals surface area contributed by atoms with Crippen LogP contribution in [0.2, 0.25) is 0 Å². The summed E-state index contributed by atoms with van der Waals surface area (Å²) in [7, 11) is 0. The van der Waals surface area contributed by atoms with Gasteiger partial charge in [-0.1, -0.05) is 46.7 Å². The van der Waals surface area contributed by atoms with E-state index in [0.29, 0.717) is 23.7 Å². The SMILES string of the molecule is CC(C)C(C)C(=NO)C(C)C(C)C. The van der Waals surface area contributed by atoms with E-state index in [1.807, 2.05) is 0 Å². The molecule has 2 atom stereocenters. The van der Waals surface area contributed by atoms with Gasteiger partial charge in [0.1, 0.15) is 0 Å². The lowest BCUT2D eigenvalue weighted by Gasteiger charge is -2.24. The molecule has 0 radical (unpaired) electrons. The molecule has 0 aromatic carbocycles. The minimum Gasteiger partial charge on any atom is -0.411 e. The minimum absolute atomic E-state index is 0.363. The monoisotopic (exact) mass is 185 g/mol. The van der Waals surface area contributed by atoms with E-state index in [2.05, 4.69) is 46.7 Å². The summed E-state index contributed by atoms with van der Waals surface area (Å²) in [5.74, 6) is 1.80. The van der Waals surface area contributed by atoms with E-state index in [-0.39, 0.29) is 0 Å². The van der Waals surface area contributed by atoms with E-state index in [1.165, 1.54) is 0 Å². The zero-order chi connectivity index (χ0) is 10.6. The van der Waals surface area contributed by atoms with Crippen LogP contribution in [0.3, 0.4) is 0 Å². The minimum atomic E-state index is 0.363. The third-order valence-electron chi connectivity index (χ3n) is 3.05. The molecule has 0 bridgehead atoms. The molecule has 0 heterocycles. The maximum absolute atomic E-state index is 8.95. The molecule has 2 unspecified atom stereocenters. The normalized spacial score (nSPS) is 16.0. The van der Waals surface area contributed by atoms with Crippen LogP contribution in [-0.4, -0.2) is 10.9 Å². The van der Waals surface area contributed by atoms with Crippen molar-refractivity contribution in [3.05, 3.63) is 0 Å². The molecule has 0 aliphatic carbocycles. The molecule has 0 saturated carbocycles. The predicted octanol–water partition coefficient (Wildman–Crippen LogP) is 3.40. The van der Waals surface area contributed by atoms with Gasteiger partial charge >= 0.3 is 0 Å². The molecule has 0 aliphatic heterocycles. The smallest absolute Gasteiger partial charge is 0.0632 e. The van der Waals surface area contributed by atoms with Crippen LogP contribution < -0.4 is 0 Å². The van der Waals surface area contributed by atoms with Crippen molar-refractivity contribution < 1.29 is 5.21 Å². The van der Waals surface area contributed by atoms with Crippen LogP contribution in [0.5, 0.6) is 0 Å². The van der Waals surface area contributed by atoms with Gasteiger partial charge in [0.2, 0.25) is 0 Å². The quantitative estimate of drug-likeness (QED) is 0.406. The van der Waals surface area contributed by atoms with Crippen LogP contribution in [0, 0.1) is 23.7 Å². The van der Waals surface area contributed by atoms with Crippen molar-refractivity contribution in [1.29, 1.82) is 0 Å². The second-order valence-corrected chi connectivity index (χ2v) is 4.59. The van der Waals surface area contributed by atoms with Gasteiger partial charge in [0.15, 0.2) is 0 Å². The van der Waals surface area contributed by atoms with Gasteiger partial charge in [-0.05, 0) is 11.8 Å². The Morgan fingerprint density at radius 3 is 1.31 bits per heavy atom. The second kappa shape index (κ2) is 5.25. The fourth-order valence-corrected chi connectivity index (χ4v) is 1.28. The average molecular weight is 185 g/mol. The standard InChI is InChI=1S/C11H23NO/c1-7(2)9(5)11(12-13)10(6)8(3)4/h7-10,13H,1-6H3. The van der Waals surface area contributed by atoms with Crippen LogP contribution in [0.4, 0.5) is 0 Å². The summed E-state index contributed by atoms with van der Waals surface area (Å²) in [5, 5.41) is 12.4. The molecular weight excluding hydrogens is 162 g/mol. The first kappa shape index (κ1) is 12.5. The Labute approximate surface area is 82.0 Å². The van der Waals surface area contributed by atoms with E-state index >= 15 is 0 Å². The molecule has 78 valence electrons. The van der Waals surface area contributed by atoms with Gasteiger partial charge in [-0.15, -0.1) is 0 Å². The highest BCUT2D eigenvalue weighted by atomic mass is 16.4. The molecular formula is C11H23NO. The molecule has 1 N–H and O–H groups in total. The van der Waals surface area contributed by atoms with Crippen LogP contribution in [0.1, 0.15) is 41.5 Å². The van der Waals surface area contributed by atoms with Crippen molar-refractivity contribution in [3.8, 4) is 0 Å². The molecule has 0 aliphatic rings. The summed E-state index contributed by atoms with van der Waals surface area (Å²) < 4.78 is 0. The maximum atomic E-state index is 8.95. The number of hydrogen-bond donors (Lipinski definition) is 1. The summed E-state index contributed by atoms with van der Waals surface area (Å²) >= 11 is 0. The van der Waals surface area contributed by atoms with E-state index in [9.17, 15) is 0 Å². The fraction of sp³-hybridized carbons (Fsp3) is 0.909. The molecule has 0 amide bonds. The number of hydrogen-bond acceptors (Lipinski definition) is 2. The van der Waals surface area contributed by atoms with Gasteiger partial charge in [0.05, 0.1) is 5.71 Å². The Morgan fingerprint density at radius 2 is 1.15 bits per heavy atom. The lowest BCUT2D eigenvalue weighted by atomic mass is 9.82. The zero-order valence-corrected chi connectivity index (χ0v) is 9.70. The van der Waals surface area contributed by atoms with Crippen molar-refractivity contribution >= 4 is 5.71 Å². The van der Waals surface area contributed by atoms with E-state index in [0.717, 1.165) is 5.71 Å². The molecule has 0 rings (SSSR count). The lowest BCUT2D eigenvalue weighted by Crippen LogP contribution is -2.27. The molecule has 2 heteroatoms. The van der Waals surface area contributed by atoms with Crippen LogP contribution in [0.25, 0.3) is 0 Å². The first-order valence-electron chi connectivity index (χ1n) is 5.13. The van der Waals surface area contributed by atoms with Crippen molar-refractivity contribution in [2.75, 3.05) is 0 Å².